The molecule has 0 spiro atoms. The fourth-order valence-corrected chi connectivity index (χ4v) is 4.40. The summed E-state index contributed by atoms with van der Waals surface area (Å²) in [5.41, 5.74) is 7.30. The van der Waals surface area contributed by atoms with Crippen LogP contribution in [0.15, 0.2) is 23.1 Å². The molecular formula is C16H26N2O2S. The third-order valence-electron chi connectivity index (χ3n) is 3.96. The molecule has 0 saturated heterocycles. The van der Waals surface area contributed by atoms with Gasteiger partial charge in [-0.25, -0.2) is 8.42 Å². The summed E-state index contributed by atoms with van der Waals surface area (Å²) in [4.78, 5) is 0.418. The van der Waals surface area contributed by atoms with Crippen molar-refractivity contribution in [3.8, 4) is 0 Å². The van der Waals surface area contributed by atoms with Crippen molar-refractivity contribution in [2.75, 3.05) is 6.54 Å². The molecular weight excluding hydrogens is 284 g/mol. The van der Waals surface area contributed by atoms with Crippen LogP contribution in [0.25, 0.3) is 0 Å². The number of hydrogen-bond donors (Lipinski definition) is 1. The number of hydrogen-bond acceptors (Lipinski definition) is 3. The monoisotopic (exact) mass is 310 g/mol. The normalized spacial score (nSPS) is 15.9. The number of sulfonamides is 1. The Labute approximate surface area is 128 Å². The van der Waals surface area contributed by atoms with Crippen molar-refractivity contribution in [1.82, 2.24) is 4.31 Å². The zero-order chi connectivity index (χ0) is 15.6. The first-order valence-electron chi connectivity index (χ1n) is 7.67. The third-order valence-corrected chi connectivity index (χ3v) is 6.05. The van der Waals surface area contributed by atoms with Crippen molar-refractivity contribution in [1.29, 1.82) is 0 Å². The first kappa shape index (κ1) is 16.5. The molecule has 0 amide bonds. The van der Waals surface area contributed by atoms with Crippen LogP contribution >= 0.6 is 0 Å². The van der Waals surface area contributed by atoms with Gasteiger partial charge in [-0.3, -0.25) is 0 Å². The van der Waals surface area contributed by atoms with Crippen molar-refractivity contribution in [2.45, 2.75) is 57.5 Å². The Morgan fingerprint density at radius 3 is 2.52 bits per heavy atom. The van der Waals surface area contributed by atoms with Crippen LogP contribution in [0.2, 0.25) is 0 Å². The molecule has 1 aliphatic carbocycles. The van der Waals surface area contributed by atoms with E-state index in [1.807, 2.05) is 19.1 Å². The molecule has 0 radical (unpaired) electrons. The summed E-state index contributed by atoms with van der Waals surface area (Å²) in [6, 6.07) is 5.66. The van der Waals surface area contributed by atoms with Crippen LogP contribution in [0.1, 0.15) is 44.2 Å². The second-order valence-electron chi connectivity index (χ2n) is 6.33. The first-order chi connectivity index (χ1) is 9.86. The maximum absolute atomic E-state index is 13.0. The standard InChI is InChI=1S/C16H26N2O2S/c1-12(2)8-9-18(15-6-7-15)21(19,20)16-10-14(11-17)5-4-13(16)3/h4-5,10,12,15H,6-9,11,17H2,1-3H3. The molecule has 0 unspecified atom stereocenters. The van der Waals surface area contributed by atoms with E-state index in [1.54, 1.807) is 10.4 Å². The molecule has 0 bridgehead atoms. The molecule has 1 fully saturated rings. The van der Waals surface area contributed by atoms with E-state index in [0.29, 0.717) is 23.9 Å². The number of nitrogens with two attached hydrogens (primary N) is 1. The summed E-state index contributed by atoms with van der Waals surface area (Å²) in [5.74, 6) is 0.498. The highest BCUT2D eigenvalue weighted by Gasteiger charge is 2.38. The second kappa shape index (κ2) is 6.46. The van der Waals surface area contributed by atoms with Gasteiger partial charge < -0.3 is 5.73 Å². The maximum Gasteiger partial charge on any atom is 0.243 e. The number of aryl methyl sites for hydroxylation is 1. The number of nitrogens with zero attached hydrogens (tertiary/aromatic N) is 1. The minimum absolute atomic E-state index is 0.190. The van der Waals surface area contributed by atoms with Gasteiger partial charge in [0.05, 0.1) is 4.90 Å². The summed E-state index contributed by atoms with van der Waals surface area (Å²) < 4.78 is 27.7. The van der Waals surface area contributed by atoms with E-state index in [9.17, 15) is 8.42 Å². The first-order valence-corrected chi connectivity index (χ1v) is 9.11. The van der Waals surface area contributed by atoms with Crippen molar-refractivity contribution in [3.05, 3.63) is 29.3 Å². The number of rotatable bonds is 7. The van der Waals surface area contributed by atoms with E-state index < -0.39 is 10.0 Å². The van der Waals surface area contributed by atoms with Gasteiger partial charge in [-0.05, 0) is 49.3 Å². The van der Waals surface area contributed by atoms with Crippen molar-refractivity contribution in [2.24, 2.45) is 11.7 Å². The molecule has 2 N–H and O–H groups in total. The number of benzene rings is 1. The van der Waals surface area contributed by atoms with E-state index in [-0.39, 0.29) is 6.04 Å². The van der Waals surface area contributed by atoms with E-state index in [4.69, 9.17) is 5.73 Å². The van der Waals surface area contributed by atoms with E-state index >= 15 is 0 Å². The Kier molecular flexibility index (Phi) is 5.07. The van der Waals surface area contributed by atoms with Crippen LogP contribution in [-0.2, 0) is 16.6 Å². The molecule has 1 saturated carbocycles. The largest absolute Gasteiger partial charge is 0.326 e. The quantitative estimate of drug-likeness (QED) is 0.842. The maximum atomic E-state index is 13.0. The lowest BCUT2D eigenvalue weighted by atomic mass is 10.1. The zero-order valence-corrected chi connectivity index (χ0v) is 14.0. The molecule has 0 heterocycles. The van der Waals surface area contributed by atoms with Gasteiger partial charge in [0.15, 0.2) is 0 Å². The van der Waals surface area contributed by atoms with Crippen LogP contribution < -0.4 is 5.73 Å². The van der Waals surface area contributed by atoms with Gasteiger partial charge in [0.2, 0.25) is 10.0 Å². The average Bonchev–Trinajstić information content (AvgIpc) is 3.23. The Morgan fingerprint density at radius 1 is 1.33 bits per heavy atom. The average molecular weight is 310 g/mol. The van der Waals surface area contributed by atoms with Crippen molar-refractivity contribution < 1.29 is 8.42 Å². The summed E-state index contributed by atoms with van der Waals surface area (Å²) in [7, 11) is -3.42. The van der Waals surface area contributed by atoms with Gasteiger partial charge >= 0.3 is 0 Å². The predicted octanol–water partition coefficient (Wildman–Crippen LogP) is 2.65. The van der Waals surface area contributed by atoms with Gasteiger partial charge in [0.1, 0.15) is 0 Å². The fraction of sp³-hybridized carbons (Fsp3) is 0.625. The Hall–Kier alpha value is -0.910. The van der Waals surface area contributed by atoms with E-state index in [0.717, 1.165) is 30.4 Å². The molecule has 0 aliphatic heterocycles. The second-order valence-corrected chi connectivity index (χ2v) is 8.19. The van der Waals surface area contributed by atoms with Crippen LogP contribution in [0.3, 0.4) is 0 Å². The summed E-state index contributed by atoms with van der Waals surface area (Å²) in [6.45, 7) is 7.06. The van der Waals surface area contributed by atoms with Crippen LogP contribution in [-0.4, -0.2) is 25.3 Å². The molecule has 4 nitrogen and oxygen atoms in total. The third kappa shape index (κ3) is 3.84. The van der Waals surface area contributed by atoms with Gasteiger partial charge in [0, 0.05) is 19.1 Å². The molecule has 1 aromatic carbocycles. The van der Waals surface area contributed by atoms with Crippen LogP contribution in [0, 0.1) is 12.8 Å². The van der Waals surface area contributed by atoms with Gasteiger partial charge in [0.25, 0.3) is 0 Å². The van der Waals surface area contributed by atoms with Gasteiger partial charge in [-0.15, -0.1) is 0 Å². The van der Waals surface area contributed by atoms with Crippen molar-refractivity contribution in [3.63, 3.8) is 0 Å². The molecule has 118 valence electrons. The molecule has 21 heavy (non-hydrogen) atoms. The molecule has 1 aliphatic rings. The lowest BCUT2D eigenvalue weighted by molar-refractivity contribution is 0.373. The molecule has 5 heteroatoms. The van der Waals surface area contributed by atoms with Gasteiger partial charge in [-0.2, -0.15) is 4.31 Å². The van der Waals surface area contributed by atoms with E-state index in [2.05, 4.69) is 13.8 Å². The summed E-state index contributed by atoms with van der Waals surface area (Å²) in [6.07, 6.45) is 2.85. The fourth-order valence-electron chi connectivity index (χ4n) is 2.42. The SMILES string of the molecule is Cc1ccc(CN)cc1S(=O)(=O)N(CCC(C)C)C1CC1. The lowest BCUT2D eigenvalue weighted by Gasteiger charge is -2.24. The van der Waals surface area contributed by atoms with Crippen LogP contribution in [0.4, 0.5) is 0 Å². The highest BCUT2D eigenvalue weighted by atomic mass is 32.2. The minimum atomic E-state index is -3.42. The minimum Gasteiger partial charge on any atom is -0.326 e. The molecule has 1 aromatic rings. The lowest BCUT2D eigenvalue weighted by Crippen LogP contribution is -2.35. The Morgan fingerprint density at radius 2 is 2.00 bits per heavy atom. The Bertz CT molecular complexity index is 592. The van der Waals surface area contributed by atoms with Gasteiger partial charge in [-0.1, -0.05) is 26.0 Å². The smallest absolute Gasteiger partial charge is 0.243 e. The molecule has 0 aromatic heterocycles. The van der Waals surface area contributed by atoms with Crippen LogP contribution in [0.5, 0.6) is 0 Å². The topological polar surface area (TPSA) is 63.4 Å². The predicted molar refractivity (Wildman–Crippen MR) is 85.4 cm³/mol. The molecule has 2 rings (SSSR count). The Balaban J connectivity index is 2.34. The summed E-state index contributed by atoms with van der Waals surface area (Å²) in [5, 5.41) is 0. The van der Waals surface area contributed by atoms with E-state index in [1.165, 1.54) is 0 Å². The summed E-state index contributed by atoms with van der Waals surface area (Å²) >= 11 is 0. The highest BCUT2D eigenvalue weighted by Crippen LogP contribution is 2.33. The zero-order valence-electron chi connectivity index (χ0n) is 13.2. The van der Waals surface area contributed by atoms with Crippen molar-refractivity contribution >= 4 is 10.0 Å². The highest BCUT2D eigenvalue weighted by molar-refractivity contribution is 7.89. The molecule has 0 atom stereocenters.